The molecule has 2 N–H and O–H groups in total. The number of pyridine rings is 1. The van der Waals surface area contributed by atoms with E-state index in [4.69, 9.17) is 10.5 Å². The van der Waals surface area contributed by atoms with E-state index in [1.807, 2.05) is 30.3 Å². The molecule has 0 spiro atoms. The van der Waals surface area contributed by atoms with Crippen molar-refractivity contribution in [3.63, 3.8) is 0 Å². The number of anilines is 1. The average Bonchev–Trinajstić information content (AvgIpc) is 2.41. The standard InChI is InChI=1S/C16H22N2O2/c1-16(2,8-9-20-3)11-18-14(17)10-12-6-4-5-7-13(12)15(18)19/h4-7,10H,8-9,11,17H2,1-3H3. The van der Waals surface area contributed by atoms with E-state index in [2.05, 4.69) is 13.8 Å². The zero-order valence-corrected chi connectivity index (χ0v) is 12.3. The van der Waals surface area contributed by atoms with Crippen LogP contribution in [0.3, 0.4) is 0 Å². The van der Waals surface area contributed by atoms with Gasteiger partial charge in [-0.25, -0.2) is 0 Å². The van der Waals surface area contributed by atoms with Crippen LogP contribution < -0.4 is 11.3 Å². The maximum absolute atomic E-state index is 12.6. The molecule has 0 aliphatic heterocycles. The highest BCUT2D eigenvalue weighted by Gasteiger charge is 2.20. The Bertz CT molecular complexity index is 659. The summed E-state index contributed by atoms with van der Waals surface area (Å²) in [6, 6.07) is 9.40. The van der Waals surface area contributed by atoms with Gasteiger partial charge in [0.15, 0.2) is 0 Å². The molecule has 0 amide bonds. The Balaban J connectivity index is 2.42. The summed E-state index contributed by atoms with van der Waals surface area (Å²) in [7, 11) is 1.69. The Morgan fingerprint density at radius 1 is 1.30 bits per heavy atom. The van der Waals surface area contributed by atoms with Gasteiger partial charge in [0.05, 0.1) is 0 Å². The van der Waals surface area contributed by atoms with Gasteiger partial charge in [0, 0.05) is 25.6 Å². The Kier molecular flexibility index (Phi) is 4.14. The van der Waals surface area contributed by atoms with Gasteiger partial charge in [0.2, 0.25) is 0 Å². The molecule has 2 aromatic rings. The molecule has 0 aliphatic rings. The van der Waals surface area contributed by atoms with Crippen molar-refractivity contribution in [3.05, 3.63) is 40.7 Å². The number of ether oxygens (including phenoxy) is 1. The van der Waals surface area contributed by atoms with E-state index in [-0.39, 0.29) is 11.0 Å². The number of nitrogen functional groups attached to an aromatic ring is 1. The van der Waals surface area contributed by atoms with E-state index < -0.39 is 0 Å². The molecular weight excluding hydrogens is 252 g/mol. The first kappa shape index (κ1) is 14.6. The number of methoxy groups -OCH3 is 1. The summed E-state index contributed by atoms with van der Waals surface area (Å²) in [6.45, 7) is 5.50. The molecule has 108 valence electrons. The molecule has 4 nitrogen and oxygen atoms in total. The molecule has 20 heavy (non-hydrogen) atoms. The first-order valence-electron chi connectivity index (χ1n) is 6.81. The first-order chi connectivity index (χ1) is 9.44. The zero-order valence-electron chi connectivity index (χ0n) is 12.3. The number of fused-ring (bicyclic) bond motifs is 1. The SMILES string of the molecule is COCCC(C)(C)Cn1c(N)cc2ccccc2c1=O. The number of aromatic nitrogens is 1. The molecule has 0 fully saturated rings. The lowest BCUT2D eigenvalue weighted by atomic mass is 9.89. The third-order valence-electron chi connectivity index (χ3n) is 3.62. The molecule has 0 bridgehead atoms. The van der Waals surface area contributed by atoms with Crippen LogP contribution in [0.5, 0.6) is 0 Å². The van der Waals surface area contributed by atoms with E-state index in [1.54, 1.807) is 11.7 Å². The molecule has 1 aromatic carbocycles. The number of nitrogens with two attached hydrogens (primary N) is 1. The minimum absolute atomic E-state index is 0.0221. The van der Waals surface area contributed by atoms with Crippen molar-refractivity contribution in [2.45, 2.75) is 26.8 Å². The van der Waals surface area contributed by atoms with E-state index in [0.717, 1.165) is 11.8 Å². The molecule has 1 heterocycles. The summed E-state index contributed by atoms with van der Waals surface area (Å²) < 4.78 is 6.79. The summed E-state index contributed by atoms with van der Waals surface area (Å²) in [5.41, 5.74) is 5.99. The van der Waals surface area contributed by atoms with Crippen LogP contribution in [-0.2, 0) is 11.3 Å². The molecular formula is C16H22N2O2. The Morgan fingerprint density at radius 3 is 2.70 bits per heavy atom. The summed E-state index contributed by atoms with van der Waals surface area (Å²) in [6.07, 6.45) is 0.877. The van der Waals surface area contributed by atoms with Crippen molar-refractivity contribution in [2.24, 2.45) is 5.41 Å². The lowest BCUT2D eigenvalue weighted by Gasteiger charge is -2.26. The van der Waals surface area contributed by atoms with Gasteiger partial charge in [-0.1, -0.05) is 32.0 Å². The maximum Gasteiger partial charge on any atom is 0.259 e. The van der Waals surface area contributed by atoms with Gasteiger partial charge in [-0.05, 0) is 29.4 Å². The summed E-state index contributed by atoms with van der Waals surface area (Å²) >= 11 is 0. The van der Waals surface area contributed by atoms with Crippen molar-refractivity contribution >= 4 is 16.6 Å². The van der Waals surface area contributed by atoms with Gasteiger partial charge >= 0.3 is 0 Å². The van der Waals surface area contributed by atoms with Crippen LogP contribution in [0.15, 0.2) is 35.1 Å². The number of hydrogen-bond acceptors (Lipinski definition) is 3. The lowest BCUT2D eigenvalue weighted by molar-refractivity contribution is 0.142. The highest BCUT2D eigenvalue weighted by Crippen LogP contribution is 2.24. The molecule has 0 aliphatic carbocycles. The molecule has 1 aromatic heterocycles. The Hall–Kier alpha value is -1.81. The number of rotatable bonds is 5. The fraction of sp³-hybridized carbons (Fsp3) is 0.438. The quantitative estimate of drug-likeness (QED) is 0.912. The van der Waals surface area contributed by atoms with Crippen LogP contribution in [-0.4, -0.2) is 18.3 Å². The largest absolute Gasteiger partial charge is 0.385 e. The van der Waals surface area contributed by atoms with Crippen molar-refractivity contribution in [3.8, 4) is 0 Å². The molecule has 2 rings (SSSR count). The van der Waals surface area contributed by atoms with E-state index in [9.17, 15) is 4.79 Å². The minimum Gasteiger partial charge on any atom is -0.385 e. The smallest absolute Gasteiger partial charge is 0.259 e. The molecule has 0 saturated carbocycles. The van der Waals surface area contributed by atoms with Gasteiger partial charge in [-0.15, -0.1) is 0 Å². The van der Waals surface area contributed by atoms with E-state index in [0.29, 0.717) is 24.4 Å². The van der Waals surface area contributed by atoms with Crippen molar-refractivity contribution in [2.75, 3.05) is 19.5 Å². The fourth-order valence-corrected chi connectivity index (χ4v) is 2.37. The molecule has 0 unspecified atom stereocenters. The predicted molar refractivity (Wildman–Crippen MR) is 82.9 cm³/mol. The third kappa shape index (κ3) is 3.02. The van der Waals surface area contributed by atoms with Crippen LogP contribution in [0.1, 0.15) is 20.3 Å². The second kappa shape index (κ2) is 5.67. The Morgan fingerprint density at radius 2 is 2.00 bits per heavy atom. The normalized spacial score (nSPS) is 11.9. The summed E-state index contributed by atoms with van der Waals surface area (Å²) in [5, 5.41) is 1.60. The monoisotopic (exact) mass is 274 g/mol. The Labute approximate surface area is 119 Å². The van der Waals surface area contributed by atoms with Crippen LogP contribution in [0, 0.1) is 5.41 Å². The highest BCUT2D eigenvalue weighted by molar-refractivity contribution is 5.83. The highest BCUT2D eigenvalue weighted by atomic mass is 16.5. The summed E-state index contributed by atoms with van der Waals surface area (Å²) in [5.74, 6) is 0.513. The third-order valence-corrected chi connectivity index (χ3v) is 3.62. The second-order valence-corrected chi connectivity index (χ2v) is 5.95. The minimum atomic E-state index is -0.0452. The second-order valence-electron chi connectivity index (χ2n) is 5.95. The van der Waals surface area contributed by atoms with Crippen LogP contribution in [0.4, 0.5) is 5.82 Å². The average molecular weight is 274 g/mol. The van der Waals surface area contributed by atoms with Gasteiger partial charge in [-0.2, -0.15) is 0 Å². The van der Waals surface area contributed by atoms with Crippen molar-refractivity contribution in [1.29, 1.82) is 0 Å². The van der Waals surface area contributed by atoms with E-state index >= 15 is 0 Å². The molecule has 0 saturated heterocycles. The predicted octanol–water partition coefficient (Wildman–Crippen LogP) is 2.65. The molecule has 0 radical (unpaired) electrons. The van der Waals surface area contributed by atoms with Crippen molar-refractivity contribution < 1.29 is 4.74 Å². The van der Waals surface area contributed by atoms with Crippen molar-refractivity contribution in [1.82, 2.24) is 4.57 Å². The van der Waals surface area contributed by atoms with Crippen LogP contribution >= 0.6 is 0 Å². The number of nitrogens with zero attached hydrogens (tertiary/aromatic N) is 1. The molecule has 0 atom stereocenters. The van der Waals surface area contributed by atoms with Crippen LogP contribution in [0.2, 0.25) is 0 Å². The number of hydrogen-bond donors (Lipinski definition) is 1. The first-order valence-corrected chi connectivity index (χ1v) is 6.81. The van der Waals surface area contributed by atoms with E-state index in [1.165, 1.54) is 0 Å². The van der Waals surface area contributed by atoms with Gasteiger partial charge in [-0.3, -0.25) is 9.36 Å². The molecule has 4 heteroatoms. The topological polar surface area (TPSA) is 57.2 Å². The van der Waals surface area contributed by atoms with Gasteiger partial charge in [0.1, 0.15) is 5.82 Å². The van der Waals surface area contributed by atoms with Gasteiger partial charge in [0.25, 0.3) is 5.56 Å². The van der Waals surface area contributed by atoms with Gasteiger partial charge < -0.3 is 10.5 Å². The summed E-state index contributed by atoms with van der Waals surface area (Å²) in [4.78, 5) is 12.6. The maximum atomic E-state index is 12.6. The van der Waals surface area contributed by atoms with Crippen LogP contribution in [0.25, 0.3) is 10.8 Å². The zero-order chi connectivity index (χ0) is 14.8. The number of benzene rings is 1. The lowest BCUT2D eigenvalue weighted by Crippen LogP contribution is -2.31. The fourth-order valence-electron chi connectivity index (χ4n) is 2.37.